The second-order valence-corrected chi connectivity index (χ2v) is 6.81. The molecule has 3 nitrogen and oxygen atoms in total. The second-order valence-electron chi connectivity index (χ2n) is 5.67. The number of carbonyl (C=O) groups is 1. The van der Waals surface area contributed by atoms with Gasteiger partial charge in [-0.3, -0.25) is 4.79 Å². The highest BCUT2D eigenvalue weighted by Gasteiger charge is 2.29. The molecule has 0 bridgehead atoms. The van der Waals surface area contributed by atoms with Crippen molar-refractivity contribution in [2.45, 2.75) is 16.8 Å². The van der Waals surface area contributed by atoms with Crippen LogP contribution in [-0.2, 0) is 6.42 Å². The maximum atomic E-state index is 12.6. The second kappa shape index (κ2) is 7.29. The molecule has 7 heteroatoms. The van der Waals surface area contributed by atoms with Gasteiger partial charge in [0.1, 0.15) is 0 Å². The number of alkyl halides is 3. The van der Waals surface area contributed by atoms with Crippen LogP contribution in [0.3, 0.4) is 0 Å². The van der Waals surface area contributed by atoms with E-state index in [0.717, 1.165) is 11.3 Å². The average Bonchev–Trinajstić information content (AvgIpc) is 3.08. The summed E-state index contributed by atoms with van der Waals surface area (Å²) in [6.45, 7) is 0. The molecule has 2 N–H and O–H groups in total. The van der Waals surface area contributed by atoms with Crippen LogP contribution in [0.5, 0.6) is 0 Å². The zero-order chi connectivity index (χ0) is 18.7. The molecule has 0 unspecified atom stereocenters. The Hall–Kier alpha value is -2.67. The van der Waals surface area contributed by atoms with E-state index in [1.807, 2.05) is 53.4 Å². The minimum atomic E-state index is -4.39. The summed E-state index contributed by atoms with van der Waals surface area (Å²) in [5.41, 5.74) is 3.48. The Balaban J connectivity index is 1.94. The lowest BCUT2D eigenvalue weighted by atomic mass is 9.99. The van der Waals surface area contributed by atoms with Crippen molar-refractivity contribution in [1.29, 1.82) is 0 Å². The van der Waals surface area contributed by atoms with E-state index in [4.69, 9.17) is 5.73 Å². The van der Waals surface area contributed by atoms with Gasteiger partial charge in [-0.05, 0) is 71.8 Å². The molecule has 0 fully saturated rings. The standard InChI is InChI=1S/C19H15F3N2OS/c20-19(21,22)26-16-6-7-17(18(23)25)14(12-16)10-13-4-3-5-15(11-13)24-8-1-2-9-24/h1-9,11-12H,10H2,(H2,23,25). The lowest BCUT2D eigenvalue weighted by molar-refractivity contribution is -0.0328. The molecule has 1 amide bonds. The van der Waals surface area contributed by atoms with Crippen molar-refractivity contribution >= 4 is 17.7 Å². The van der Waals surface area contributed by atoms with E-state index >= 15 is 0 Å². The van der Waals surface area contributed by atoms with Crippen LogP contribution < -0.4 is 5.73 Å². The predicted molar refractivity (Wildman–Crippen MR) is 95.4 cm³/mol. The fraction of sp³-hybridized carbons (Fsp3) is 0.105. The van der Waals surface area contributed by atoms with Crippen LogP contribution in [-0.4, -0.2) is 16.0 Å². The summed E-state index contributed by atoms with van der Waals surface area (Å²) in [4.78, 5) is 11.7. The first-order valence-corrected chi connectivity index (χ1v) is 8.54. The number of nitrogens with zero attached hydrogens (tertiary/aromatic N) is 1. The summed E-state index contributed by atoms with van der Waals surface area (Å²) >= 11 is -0.209. The molecule has 0 spiro atoms. The topological polar surface area (TPSA) is 48.0 Å². The molecule has 0 saturated carbocycles. The quantitative estimate of drug-likeness (QED) is 0.652. The largest absolute Gasteiger partial charge is 0.446 e. The summed E-state index contributed by atoms with van der Waals surface area (Å²) in [7, 11) is 0. The number of aromatic nitrogens is 1. The number of thioether (sulfide) groups is 1. The van der Waals surface area contributed by atoms with E-state index in [1.54, 1.807) is 0 Å². The summed E-state index contributed by atoms with van der Waals surface area (Å²) < 4.78 is 39.8. The zero-order valence-electron chi connectivity index (χ0n) is 13.5. The first kappa shape index (κ1) is 18.1. The fourth-order valence-corrected chi connectivity index (χ4v) is 3.31. The lowest BCUT2D eigenvalue weighted by Crippen LogP contribution is -2.14. The van der Waals surface area contributed by atoms with Crippen LogP contribution in [0.2, 0.25) is 0 Å². The monoisotopic (exact) mass is 376 g/mol. The molecule has 0 aliphatic heterocycles. The predicted octanol–water partition coefficient (Wildman–Crippen LogP) is 4.78. The van der Waals surface area contributed by atoms with Gasteiger partial charge in [-0.15, -0.1) is 0 Å². The summed E-state index contributed by atoms with van der Waals surface area (Å²) in [6, 6.07) is 15.4. The van der Waals surface area contributed by atoms with Gasteiger partial charge >= 0.3 is 5.51 Å². The highest BCUT2D eigenvalue weighted by Crippen LogP contribution is 2.37. The van der Waals surface area contributed by atoms with Gasteiger partial charge in [-0.25, -0.2) is 0 Å². The van der Waals surface area contributed by atoms with Gasteiger partial charge in [0, 0.05) is 28.5 Å². The van der Waals surface area contributed by atoms with Crippen LogP contribution in [0, 0.1) is 0 Å². The van der Waals surface area contributed by atoms with Gasteiger partial charge in [-0.2, -0.15) is 13.2 Å². The molecule has 1 heterocycles. The third-order valence-electron chi connectivity index (χ3n) is 3.78. The number of rotatable bonds is 5. The van der Waals surface area contributed by atoms with Crippen molar-refractivity contribution in [3.8, 4) is 5.69 Å². The summed E-state index contributed by atoms with van der Waals surface area (Å²) in [6.07, 6.45) is 4.10. The van der Waals surface area contributed by atoms with Gasteiger partial charge in [0.15, 0.2) is 0 Å². The summed E-state index contributed by atoms with van der Waals surface area (Å²) in [5.74, 6) is -0.662. The van der Waals surface area contributed by atoms with Crippen LogP contribution in [0.4, 0.5) is 13.2 Å². The Morgan fingerprint density at radius 2 is 1.77 bits per heavy atom. The molecule has 26 heavy (non-hydrogen) atoms. The van der Waals surface area contributed by atoms with Crippen LogP contribution in [0.1, 0.15) is 21.5 Å². The number of primary amides is 1. The van der Waals surface area contributed by atoms with E-state index in [9.17, 15) is 18.0 Å². The van der Waals surface area contributed by atoms with E-state index in [2.05, 4.69) is 0 Å². The number of amides is 1. The molecule has 3 aromatic rings. The van der Waals surface area contributed by atoms with Crippen molar-refractivity contribution in [3.05, 3.63) is 83.7 Å². The smallest absolute Gasteiger partial charge is 0.366 e. The van der Waals surface area contributed by atoms with Crippen LogP contribution in [0.15, 0.2) is 71.9 Å². The Morgan fingerprint density at radius 3 is 2.42 bits per heavy atom. The highest BCUT2D eigenvalue weighted by molar-refractivity contribution is 8.00. The summed E-state index contributed by atoms with van der Waals surface area (Å²) in [5, 5.41) is 0. The third kappa shape index (κ3) is 4.49. The van der Waals surface area contributed by atoms with Crippen molar-refractivity contribution in [2.75, 3.05) is 0 Å². The van der Waals surface area contributed by atoms with E-state index < -0.39 is 11.4 Å². The Bertz CT molecular complexity index is 921. The first-order chi connectivity index (χ1) is 12.3. The molecule has 0 saturated heterocycles. The maximum Gasteiger partial charge on any atom is 0.446 e. The zero-order valence-corrected chi connectivity index (χ0v) is 14.3. The van der Waals surface area contributed by atoms with Crippen molar-refractivity contribution in [2.24, 2.45) is 5.73 Å². The van der Waals surface area contributed by atoms with Crippen molar-refractivity contribution < 1.29 is 18.0 Å². The Kier molecular flexibility index (Phi) is 5.08. The molecular weight excluding hydrogens is 361 g/mol. The third-order valence-corrected chi connectivity index (χ3v) is 4.50. The lowest BCUT2D eigenvalue weighted by Gasteiger charge is -2.12. The molecule has 134 valence electrons. The average molecular weight is 376 g/mol. The Labute approximate surface area is 152 Å². The highest BCUT2D eigenvalue weighted by atomic mass is 32.2. The van der Waals surface area contributed by atoms with E-state index in [-0.39, 0.29) is 22.2 Å². The SMILES string of the molecule is NC(=O)c1ccc(SC(F)(F)F)cc1Cc1cccc(-n2cccc2)c1. The molecule has 0 radical (unpaired) electrons. The molecule has 2 aromatic carbocycles. The number of carbonyl (C=O) groups excluding carboxylic acids is 1. The van der Waals surface area contributed by atoms with Gasteiger partial charge in [-0.1, -0.05) is 12.1 Å². The normalized spacial score (nSPS) is 11.5. The molecular formula is C19H15F3N2OS. The minimum absolute atomic E-state index is 0.0269. The van der Waals surface area contributed by atoms with Gasteiger partial charge in [0.05, 0.1) is 0 Å². The molecule has 0 atom stereocenters. The molecule has 1 aromatic heterocycles. The van der Waals surface area contributed by atoms with E-state index in [1.165, 1.54) is 18.2 Å². The van der Waals surface area contributed by atoms with Gasteiger partial charge < -0.3 is 10.3 Å². The number of hydrogen-bond acceptors (Lipinski definition) is 2. The molecule has 0 aliphatic carbocycles. The van der Waals surface area contributed by atoms with Crippen molar-refractivity contribution in [3.63, 3.8) is 0 Å². The Morgan fingerprint density at radius 1 is 1.04 bits per heavy atom. The van der Waals surface area contributed by atoms with Gasteiger partial charge in [0.25, 0.3) is 0 Å². The number of hydrogen-bond donors (Lipinski definition) is 1. The number of halogens is 3. The first-order valence-electron chi connectivity index (χ1n) is 7.72. The number of benzene rings is 2. The number of nitrogens with two attached hydrogens (primary N) is 1. The van der Waals surface area contributed by atoms with Crippen LogP contribution in [0.25, 0.3) is 5.69 Å². The molecule has 3 rings (SSSR count). The molecule has 0 aliphatic rings. The minimum Gasteiger partial charge on any atom is -0.366 e. The fourth-order valence-electron chi connectivity index (χ4n) is 2.71. The van der Waals surface area contributed by atoms with Crippen LogP contribution >= 0.6 is 11.8 Å². The van der Waals surface area contributed by atoms with E-state index in [0.29, 0.717) is 12.0 Å². The van der Waals surface area contributed by atoms with Gasteiger partial charge in [0.2, 0.25) is 5.91 Å². The maximum absolute atomic E-state index is 12.6. The van der Waals surface area contributed by atoms with Crippen molar-refractivity contribution in [1.82, 2.24) is 4.57 Å².